The first-order valence-corrected chi connectivity index (χ1v) is 21.0. The fourth-order valence-electron chi connectivity index (χ4n) is 7.03. The summed E-state index contributed by atoms with van der Waals surface area (Å²) < 4.78 is 24.9. The molecule has 1 aromatic carbocycles. The molecular weight excluding hydrogens is 697 g/mol. The number of carbonyl (C=O) groups excluding carboxylic acids is 1. The maximum absolute atomic E-state index is 13.8. The second-order valence-corrected chi connectivity index (χ2v) is 15.5. The molecule has 0 radical (unpaired) electrons. The Balaban J connectivity index is 1.74. The molecule has 314 valence electrons. The number of hydrogen-bond acceptors (Lipinski definition) is 10. The Morgan fingerprint density at radius 1 is 0.778 bits per heavy atom. The van der Waals surface area contributed by atoms with Crippen LogP contribution in [0.4, 0.5) is 4.39 Å². The minimum Gasteiger partial charge on any atom is -0.394 e. The van der Waals surface area contributed by atoms with E-state index >= 15 is 0 Å². The van der Waals surface area contributed by atoms with Crippen LogP contribution < -0.4 is 5.32 Å². The van der Waals surface area contributed by atoms with Gasteiger partial charge in [0.05, 0.1) is 31.5 Å². The summed E-state index contributed by atoms with van der Waals surface area (Å²) in [6.45, 7) is 2.95. The number of aliphatic hydroxyl groups is 7. The van der Waals surface area contributed by atoms with Crippen LogP contribution in [0.15, 0.2) is 18.2 Å². The van der Waals surface area contributed by atoms with E-state index in [1.165, 1.54) is 57.4 Å². The normalized spacial score (nSPS) is 22.5. The van der Waals surface area contributed by atoms with Crippen molar-refractivity contribution in [3.8, 4) is 0 Å². The first-order valence-electron chi connectivity index (χ1n) is 21.0. The van der Waals surface area contributed by atoms with Gasteiger partial charge in [-0.1, -0.05) is 135 Å². The number of aryl methyl sites for hydroxylation is 1. The lowest BCUT2D eigenvalue weighted by Crippen LogP contribution is -2.60. The summed E-state index contributed by atoms with van der Waals surface area (Å²) in [5, 5.41) is 75.3. The van der Waals surface area contributed by atoms with E-state index in [2.05, 4.69) is 12.2 Å². The maximum atomic E-state index is 13.8. The Morgan fingerprint density at radius 3 is 1.87 bits per heavy atom. The summed E-state index contributed by atoms with van der Waals surface area (Å²) in [5.74, 6) is -0.633. The summed E-state index contributed by atoms with van der Waals surface area (Å²) in [5.41, 5.74) is 1.15. The second kappa shape index (κ2) is 28.6. The third kappa shape index (κ3) is 18.9. The molecule has 1 saturated heterocycles. The van der Waals surface area contributed by atoms with E-state index in [-0.39, 0.29) is 24.8 Å². The average Bonchev–Trinajstić information content (AvgIpc) is 3.16. The summed E-state index contributed by atoms with van der Waals surface area (Å²) in [6.07, 6.45) is 10.8. The van der Waals surface area contributed by atoms with Gasteiger partial charge in [0, 0.05) is 6.42 Å². The van der Waals surface area contributed by atoms with E-state index in [0.717, 1.165) is 64.2 Å². The van der Waals surface area contributed by atoms with Gasteiger partial charge in [-0.2, -0.15) is 0 Å². The Hall–Kier alpha value is -1.74. The molecule has 0 aliphatic carbocycles. The van der Waals surface area contributed by atoms with Gasteiger partial charge in [0.1, 0.15) is 36.3 Å². The molecular formula is C42H74FNO10. The molecule has 0 aromatic heterocycles. The number of amides is 1. The van der Waals surface area contributed by atoms with Crippen LogP contribution in [0.2, 0.25) is 0 Å². The van der Waals surface area contributed by atoms with Crippen molar-refractivity contribution in [2.45, 2.75) is 210 Å². The Kier molecular flexibility index (Phi) is 25.7. The Bertz CT molecular complexity index is 1110. The monoisotopic (exact) mass is 772 g/mol. The molecule has 1 aliphatic heterocycles. The van der Waals surface area contributed by atoms with Crippen molar-refractivity contribution in [1.82, 2.24) is 5.32 Å². The summed E-state index contributed by atoms with van der Waals surface area (Å²) in [4.78, 5) is 13.0. The van der Waals surface area contributed by atoms with Crippen LogP contribution in [0, 0.1) is 12.7 Å². The average molecular weight is 772 g/mol. The quantitative estimate of drug-likeness (QED) is 0.0429. The number of benzene rings is 1. The highest BCUT2D eigenvalue weighted by molar-refractivity contribution is 5.76. The zero-order valence-corrected chi connectivity index (χ0v) is 33.1. The number of rotatable bonds is 31. The van der Waals surface area contributed by atoms with Crippen molar-refractivity contribution in [3.63, 3.8) is 0 Å². The number of hydrogen-bond donors (Lipinski definition) is 8. The van der Waals surface area contributed by atoms with Gasteiger partial charge in [-0.15, -0.1) is 0 Å². The van der Waals surface area contributed by atoms with Gasteiger partial charge in [0.2, 0.25) is 5.91 Å². The predicted octanol–water partition coefficient (Wildman–Crippen LogP) is 5.79. The first kappa shape index (κ1) is 48.4. The predicted molar refractivity (Wildman–Crippen MR) is 207 cm³/mol. The minimum absolute atomic E-state index is 0.206. The molecule has 1 aromatic rings. The van der Waals surface area contributed by atoms with Gasteiger partial charge in [-0.3, -0.25) is 4.79 Å². The second-order valence-electron chi connectivity index (χ2n) is 15.5. The lowest BCUT2D eigenvalue weighted by molar-refractivity contribution is -0.303. The lowest BCUT2D eigenvalue weighted by Gasteiger charge is -2.40. The van der Waals surface area contributed by atoms with Crippen LogP contribution in [0.5, 0.6) is 0 Å². The minimum atomic E-state index is -1.63. The molecule has 54 heavy (non-hydrogen) atoms. The number of aliphatic hydroxyl groups excluding tert-OH is 7. The van der Waals surface area contributed by atoms with Gasteiger partial charge in [-0.25, -0.2) is 4.39 Å². The molecule has 1 amide bonds. The van der Waals surface area contributed by atoms with Crippen molar-refractivity contribution in [3.05, 3.63) is 35.1 Å². The number of unbranched alkanes of at least 4 members (excludes halogenated alkanes) is 17. The molecule has 8 N–H and O–H groups in total. The lowest BCUT2D eigenvalue weighted by atomic mass is 9.98. The van der Waals surface area contributed by atoms with E-state index in [9.17, 15) is 44.9 Å². The van der Waals surface area contributed by atoms with Crippen molar-refractivity contribution in [2.75, 3.05) is 13.2 Å². The molecule has 0 bridgehead atoms. The van der Waals surface area contributed by atoms with E-state index in [4.69, 9.17) is 9.47 Å². The van der Waals surface area contributed by atoms with Gasteiger partial charge in [-0.05, 0) is 43.4 Å². The highest BCUT2D eigenvalue weighted by Gasteiger charge is 2.44. The van der Waals surface area contributed by atoms with Crippen LogP contribution in [-0.2, 0) is 14.3 Å². The van der Waals surface area contributed by atoms with Crippen LogP contribution in [0.3, 0.4) is 0 Å². The molecule has 0 saturated carbocycles. The standard InChI is InChI=1S/C42H74FNO10/c1-3-4-5-6-7-8-9-10-11-13-17-20-23-35(47)38(49)33(29-53-42-41(52)40(51)39(50)36(28-45)54-42)44-37(48)24-21-18-15-12-14-16-19-22-34(46)31-26-25-30(2)32(43)27-31/h25-27,33-36,38-42,45-47,49-52H,3-24,28-29H2,1-2H3,(H,44,48)/t33-,34-,35+,36?,38-,39-,40?,41-,42-/m0/s1. The van der Waals surface area contributed by atoms with Gasteiger partial charge in [0.15, 0.2) is 6.29 Å². The third-order valence-electron chi connectivity index (χ3n) is 10.8. The largest absolute Gasteiger partial charge is 0.394 e. The number of nitrogens with one attached hydrogen (secondary N) is 1. The van der Waals surface area contributed by atoms with E-state index < -0.39 is 61.7 Å². The Labute approximate surface area is 323 Å². The fraction of sp³-hybridized carbons (Fsp3) is 0.833. The van der Waals surface area contributed by atoms with Gasteiger partial charge in [0.25, 0.3) is 0 Å². The number of carbonyl (C=O) groups is 1. The highest BCUT2D eigenvalue weighted by atomic mass is 19.1. The highest BCUT2D eigenvalue weighted by Crippen LogP contribution is 2.24. The van der Waals surface area contributed by atoms with E-state index in [1.54, 1.807) is 19.1 Å². The summed E-state index contributed by atoms with van der Waals surface area (Å²) in [6, 6.07) is 3.80. The van der Waals surface area contributed by atoms with Crippen molar-refractivity contribution >= 4 is 5.91 Å². The van der Waals surface area contributed by atoms with Crippen LogP contribution >= 0.6 is 0 Å². The summed E-state index contributed by atoms with van der Waals surface area (Å²) >= 11 is 0. The zero-order chi connectivity index (χ0) is 39.7. The first-order chi connectivity index (χ1) is 26.0. The van der Waals surface area contributed by atoms with Crippen LogP contribution in [0.1, 0.15) is 165 Å². The van der Waals surface area contributed by atoms with Crippen molar-refractivity contribution < 1.29 is 54.4 Å². The number of halogens is 1. The smallest absolute Gasteiger partial charge is 0.220 e. The van der Waals surface area contributed by atoms with E-state index in [0.29, 0.717) is 30.4 Å². The topological polar surface area (TPSA) is 189 Å². The fourth-order valence-corrected chi connectivity index (χ4v) is 7.03. The molecule has 12 heteroatoms. The molecule has 0 spiro atoms. The van der Waals surface area contributed by atoms with E-state index in [1.807, 2.05) is 0 Å². The number of ether oxygens (including phenoxy) is 2. The van der Waals surface area contributed by atoms with Gasteiger partial charge < -0.3 is 50.5 Å². The molecule has 1 fully saturated rings. The maximum Gasteiger partial charge on any atom is 0.220 e. The molecule has 9 atom stereocenters. The van der Waals surface area contributed by atoms with Crippen LogP contribution in [-0.4, -0.2) is 104 Å². The third-order valence-corrected chi connectivity index (χ3v) is 10.8. The Morgan fingerprint density at radius 2 is 1.31 bits per heavy atom. The SMILES string of the molecule is CCCCCCCCCCCCCC[C@@H](O)[C@@H](O)[C@H](CO[C@H]1OC(CO)[C@H](O)C(O)[C@@H]1O)NC(=O)CCCCCCCCC[C@H](O)c1ccc(C)c(F)c1. The van der Waals surface area contributed by atoms with Crippen LogP contribution in [0.25, 0.3) is 0 Å². The molecule has 2 rings (SSSR count). The summed E-state index contributed by atoms with van der Waals surface area (Å²) in [7, 11) is 0. The van der Waals surface area contributed by atoms with Crippen molar-refractivity contribution in [2.24, 2.45) is 0 Å². The molecule has 1 aliphatic rings. The van der Waals surface area contributed by atoms with Gasteiger partial charge >= 0.3 is 0 Å². The van der Waals surface area contributed by atoms with Crippen molar-refractivity contribution in [1.29, 1.82) is 0 Å². The molecule has 1 heterocycles. The molecule has 2 unspecified atom stereocenters. The molecule has 11 nitrogen and oxygen atoms in total. The zero-order valence-electron chi connectivity index (χ0n) is 33.1.